The minimum Gasteiger partial charge on any atom is -0.406 e. The van der Waals surface area contributed by atoms with E-state index < -0.39 is 6.36 Å². The molecule has 2 nitrogen and oxygen atoms in total. The van der Waals surface area contributed by atoms with Crippen LogP contribution in [-0.4, -0.2) is 10.9 Å². The Hall–Kier alpha value is -1.65. The van der Waals surface area contributed by atoms with Gasteiger partial charge in [-0.05, 0) is 30.7 Å². The zero-order valence-corrected chi connectivity index (χ0v) is 8.80. The van der Waals surface area contributed by atoms with E-state index in [1.165, 1.54) is 12.1 Å². The molecule has 0 bridgehead atoms. The normalized spacial score (nSPS) is 12.1. The molecule has 1 aromatic carbocycles. The second-order valence-corrected chi connectivity index (χ2v) is 3.65. The van der Waals surface area contributed by atoms with Crippen molar-refractivity contribution in [2.24, 2.45) is 7.05 Å². The zero-order chi connectivity index (χ0) is 11.9. The van der Waals surface area contributed by atoms with Gasteiger partial charge in [0.25, 0.3) is 0 Å². The molecule has 2 rings (SSSR count). The van der Waals surface area contributed by atoms with Gasteiger partial charge in [0.1, 0.15) is 5.75 Å². The van der Waals surface area contributed by atoms with Gasteiger partial charge in [-0.1, -0.05) is 0 Å². The molecule has 2 aromatic rings. The summed E-state index contributed by atoms with van der Waals surface area (Å²) < 4.78 is 41.8. The zero-order valence-electron chi connectivity index (χ0n) is 8.80. The van der Waals surface area contributed by atoms with E-state index in [1.807, 2.05) is 24.7 Å². The molecule has 0 amide bonds. The third-order valence-corrected chi connectivity index (χ3v) is 2.39. The maximum Gasteiger partial charge on any atom is 0.573 e. The van der Waals surface area contributed by atoms with Crippen LogP contribution in [0.15, 0.2) is 24.4 Å². The third kappa shape index (κ3) is 1.98. The lowest BCUT2D eigenvalue weighted by molar-refractivity contribution is -0.274. The van der Waals surface area contributed by atoms with Gasteiger partial charge < -0.3 is 9.30 Å². The van der Waals surface area contributed by atoms with Crippen LogP contribution in [-0.2, 0) is 7.05 Å². The molecule has 0 fully saturated rings. The Morgan fingerprint density at radius 3 is 2.56 bits per heavy atom. The molecule has 5 heteroatoms. The van der Waals surface area contributed by atoms with E-state index in [0.29, 0.717) is 0 Å². The lowest BCUT2D eigenvalue weighted by Gasteiger charge is -2.08. The smallest absolute Gasteiger partial charge is 0.406 e. The monoisotopic (exact) mass is 229 g/mol. The second-order valence-electron chi connectivity index (χ2n) is 3.65. The molecule has 0 N–H and O–H groups in total. The Labute approximate surface area is 90.2 Å². The van der Waals surface area contributed by atoms with Crippen molar-refractivity contribution in [3.05, 3.63) is 30.0 Å². The summed E-state index contributed by atoms with van der Waals surface area (Å²) >= 11 is 0. The maximum atomic E-state index is 12.0. The second kappa shape index (κ2) is 3.43. The van der Waals surface area contributed by atoms with E-state index in [1.54, 1.807) is 6.07 Å². The Balaban J connectivity index is 2.48. The fourth-order valence-electron chi connectivity index (χ4n) is 1.77. The first-order valence-corrected chi connectivity index (χ1v) is 4.68. The summed E-state index contributed by atoms with van der Waals surface area (Å²) in [6.07, 6.45) is -2.78. The lowest BCUT2D eigenvalue weighted by atomic mass is 10.2. The number of rotatable bonds is 1. The number of alkyl halides is 3. The van der Waals surface area contributed by atoms with Crippen molar-refractivity contribution >= 4 is 10.9 Å². The number of halogens is 3. The number of fused-ring (bicyclic) bond motifs is 1. The molecule has 1 heterocycles. The van der Waals surface area contributed by atoms with Crippen LogP contribution in [0.25, 0.3) is 10.9 Å². The number of hydrogen-bond donors (Lipinski definition) is 0. The van der Waals surface area contributed by atoms with Crippen molar-refractivity contribution in [1.82, 2.24) is 4.57 Å². The van der Waals surface area contributed by atoms with Crippen molar-refractivity contribution < 1.29 is 17.9 Å². The van der Waals surface area contributed by atoms with Crippen molar-refractivity contribution in [2.45, 2.75) is 13.3 Å². The quantitative estimate of drug-likeness (QED) is 0.731. The molecule has 0 aliphatic heterocycles. The van der Waals surface area contributed by atoms with Gasteiger partial charge in [-0.25, -0.2) is 0 Å². The van der Waals surface area contributed by atoms with Crippen LogP contribution in [0.1, 0.15) is 5.56 Å². The van der Waals surface area contributed by atoms with Crippen LogP contribution in [0.3, 0.4) is 0 Å². The highest BCUT2D eigenvalue weighted by molar-refractivity contribution is 5.85. The first-order chi connectivity index (χ1) is 7.37. The molecule has 0 aliphatic rings. The van der Waals surface area contributed by atoms with E-state index in [4.69, 9.17) is 0 Å². The SMILES string of the molecule is Cc1cn(C)c2ccc(OC(F)(F)F)cc12. The average molecular weight is 229 g/mol. The number of ether oxygens (including phenoxy) is 1. The van der Waals surface area contributed by atoms with Gasteiger partial charge in [0.05, 0.1) is 0 Å². The van der Waals surface area contributed by atoms with Gasteiger partial charge in [-0.3, -0.25) is 0 Å². The lowest BCUT2D eigenvalue weighted by Crippen LogP contribution is -2.16. The van der Waals surface area contributed by atoms with E-state index >= 15 is 0 Å². The summed E-state index contributed by atoms with van der Waals surface area (Å²) in [5.41, 5.74) is 1.80. The van der Waals surface area contributed by atoms with Gasteiger partial charge in [-0.2, -0.15) is 0 Å². The minimum absolute atomic E-state index is 0.186. The van der Waals surface area contributed by atoms with Crippen molar-refractivity contribution in [3.8, 4) is 5.75 Å². The molecule has 0 radical (unpaired) electrons. The van der Waals surface area contributed by atoms with Crippen molar-refractivity contribution in [2.75, 3.05) is 0 Å². The van der Waals surface area contributed by atoms with Crippen LogP contribution < -0.4 is 4.74 Å². The van der Waals surface area contributed by atoms with Crippen LogP contribution in [0, 0.1) is 6.92 Å². The number of hydrogen-bond acceptors (Lipinski definition) is 1. The first-order valence-electron chi connectivity index (χ1n) is 4.68. The van der Waals surface area contributed by atoms with Gasteiger partial charge >= 0.3 is 6.36 Å². The Morgan fingerprint density at radius 1 is 1.25 bits per heavy atom. The average Bonchev–Trinajstić information content (AvgIpc) is 2.40. The summed E-state index contributed by atoms with van der Waals surface area (Å²) in [7, 11) is 1.85. The van der Waals surface area contributed by atoms with Crippen LogP contribution in [0.4, 0.5) is 13.2 Å². The van der Waals surface area contributed by atoms with E-state index in [0.717, 1.165) is 16.5 Å². The molecular formula is C11H10F3NO. The van der Waals surface area contributed by atoms with Crippen molar-refractivity contribution in [1.29, 1.82) is 0 Å². The Kier molecular flexibility index (Phi) is 2.33. The van der Waals surface area contributed by atoms with Gasteiger partial charge in [0.15, 0.2) is 0 Å². The number of aryl methyl sites for hydroxylation is 2. The maximum absolute atomic E-state index is 12.0. The summed E-state index contributed by atoms with van der Waals surface area (Å²) in [5.74, 6) is -0.186. The molecule has 16 heavy (non-hydrogen) atoms. The largest absolute Gasteiger partial charge is 0.573 e. The molecule has 0 saturated carbocycles. The number of benzene rings is 1. The molecule has 0 spiro atoms. The highest BCUT2D eigenvalue weighted by Gasteiger charge is 2.31. The van der Waals surface area contributed by atoms with Gasteiger partial charge in [-0.15, -0.1) is 13.2 Å². The van der Waals surface area contributed by atoms with Crippen LogP contribution >= 0.6 is 0 Å². The first kappa shape index (κ1) is 10.9. The van der Waals surface area contributed by atoms with Gasteiger partial charge in [0, 0.05) is 24.1 Å². The fraction of sp³-hybridized carbons (Fsp3) is 0.273. The topological polar surface area (TPSA) is 14.2 Å². The molecule has 1 aromatic heterocycles. The Bertz CT molecular complexity index is 528. The molecule has 86 valence electrons. The number of aromatic nitrogens is 1. The van der Waals surface area contributed by atoms with E-state index in [2.05, 4.69) is 4.74 Å². The highest BCUT2D eigenvalue weighted by atomic mass is 19.4. The molecule has 0 aliphatic carbocycles. The summed E-state index contributed by atoms with van der Waals surface area (Å²) in [4.78, 5) is 0. The summed E-state index contributed by atoms with van der Waals surface area (Å²) in [6.45, 7) is 1.85. The minimum atomic E-state index is -4.64. The van der Waals surface area contributed by atoms with Crippen molar-refractivity contribution in [3.63, 3.8) is 0 Å². The number of nitrogens with zero attached hydrogens (tertiary/aromatic N) is 1. The predicted octanol–water partition coefficient (Wildman–Crippen LogP) is 3.39. The highest BCUT2D eigenvalue weighted by Crippen LogP contribution is 2.28. The van der Waals surface area contributed by atoms with Crippen LogP contribution in [0.2, 0.25) is 0 Å². The summed E-state index contributed by atoms with van der Waals surface area (Å²) in [5, 5.41) is 0.768. The molecule has 0 saturated heterocycles. The Morgan fingerprint density at radius 2 is 1.94 bits per heavy atom. The van der Waals surface area contributed by atoms with E-state index in [9.17, 15) is 13.2 Å². The van der Waals surface area contributed by atoms with Gasteiger partial charge in [0.2, 0.25) is 0 Å². The predicted molar refractivity (Wildman–Crippen MR) is 54.3 cm³/mol. The molecule has 0 unspecified atom stereocenters. The molecule has 0 atom stereocenters. The summed E-state index contributed by atoms with van der Waals surface area (Å²) in [6, 6.07) is 4.33. The third-order valence-electron chi connectivity index (χ3n) is 2.39. The molecular weight excluding hydrogens is 219 g/mol. The van der Waals surface area contributed by atoms with Crippen LogP contribution in [0.5, 0.6) is 5.75 Å². The standard InChI is InChI=1S/C11H10F3NO/c1-7-6-15(2)10-4-3-8(5-9(7)10)16-11(12,13)14/h3-6H,1-2H3. The fourth-order valence-corrected chi connectivity index (χ4v) is 1.77. The van der Waals surface area contributed by atoms with E-state index in [-0.39, 0.29) is 5.75 Å².